The molecule has 4 saturated heterocycles. The molecule has 4 fully saturated rings. The zero-order valence-corrected chi connectivity index (χ0v) is 30.0. The summed E-state index contributed by atoms with van der Waals surface area (Å²) in [6.07, 6.45) is 0. The summed E-state index contributed by atoms with van der Waals surface area (Å²) in [5, 5.41) is 3.75. The van der Waals surface area contributed by atoms with Crippen molar-refractivity contribution in [3.05, 3.63) is 126 Å². The first-order valence-corrected chi connectivity index (χ1v) is 17.7. The molecule has 6 unspecified atom stereocenters. The summed E-state index contributed by atoms with van der Waals surface area (Å²) in [4.78, 5) is 60.6. The maximum atomic E-state index is 14.5. The van der Waals surface area contributed by atoms with Crippen LogP contribution in [0.25, 0.3) is 0 Å². The van der Waals surface area contributed by atoms with Crippen LogP contribution < -0.4 is 9.80 Å². The Morgan fingerprint density at radius 2 is 0.783 bits per heavy atom. The summed E-state index contributed by atoms with van der Waals surface area (Å²) in [5.41, 5.74) is 2.48. The van der Waals surface area contributed by atoms with Gasteiger partial charge in [-0.25, -0.2) is 19.8 Å². The second kappa shape index (κ2) is 11.3. The molecule has 6 atom stereocenters. The number of carbonyl (C=O) groups excluding carboxylic acids is 4. The van der Waals surface area contributed by atoms with E-state index < -0.39 is 36.0 Å². The monoisotopic (exact) mass is 866 g/mol. The fourth-order valence-corrected chi connectivity index (χ4v) is 8.86. The lowest BCUT2D eigenvalue weighted by atomic mass is 9.84. The van der Waals surface area contributed by atoms with Gasteiger partial charge in [0, 0.05) is 17.9 Å². The number of hydrogen-bond acceptors (Lipinski definition) is 6. The van der Waals surface area contributed by atoms with E-state index in [2.05, 4.69) is 63.7 Å². The van der Waals surface area contributed by atoms with Gasteiger partial charge in [0.2, 0.25) is 11.8 Å². The molecule has 0 radical (unpaired) electrons. The number of anilines is 2. The largest absolute Gasteiger partial charge is 0.274 e. The van der Waals surface area contributed by atoms with E-state index in [0.717, 1.165) is 29.0 Å². The molecule has 4 aromatic carbocycles. The molecule has 12 heteroatoms. The third-order valence-corrected chi connectivity index (χ3v) is 11.3. The number of amides is 4. The Balaban J connectivity index is 1.33. The molecule has 4 amide bonds. The Bertz CT molecular complexity index is 1810. The molecule has 8 nitrogen and oxygen atoms in total. The second-order valence-electron chi connectivity index (χ2n) is 11.7. The van der Waals surface area contributed by atoms with Gasteiger partial charge in [-0.3, -0.25) is 19.2 Å². The van der Waals surface area contributed by atoms with Crippen LogP contribution in [0.4, 0.5) is 11.4 Å². The smallest absolute Gasteiger partial charge is 0.253 e. The molecule has 46 heavy (non-hydrogen) atoms. The lowest BCUT2D eigenvalue weighted by Gasteiger charge is -2.35. The summed E-state index contributed by atoms with van der Waals surface area (Å²) in [5.74, 6) is -3.11. The molecule has 230 valence electrons. The standard InChI is InChI=1S/C34H22Br4N4O4/c35-19-11-7-17(8-12-19)27-25-29(33(45)39(31(25)43)23-5-1-3-21(37)15-23)41-28(18-9-13-20(36)14-10-18)26-30(42(27)41)34(46)40(32(26)44)24-6-2-4-22(38)16-24/h1-16,25-30H. The number of hydrazine groups is 1. The third-order valence-electron chi connectivity index (χ3n) is 9.28. The number of rotatable bonds is 4. The van der Waals surface area contributed by atoms with Gasteiger partial charge in [0.1, 0.15) is 12.1 Å². The Kier molecular flexibility index (Phi) is 7.46. The highest BCUT2D eigenvalue weighted by atomic mass is 79.9. The van der Waals surface area contributed by atoms with E-state index in [1.54, 1.807) is 36.4 Å². The second-order valence-corrected chi connectivity index (χ2v) is 15.3. The van der Waals surface area contributed by atoms with Crippen molar-refractivity contribution >= 4 is 98.7 Å². The summed E-state index contributed by atoms with van der Waals surface area (Å²) < 4.78 is 3.18. The van der Waals surface area contributed by atoms with E-state index in [0.29, 0.717) is 11.4 Å². The van der Waals surface area contributed by atoms with Crippen LogP contribution in [-0.2, 0) is 19.2 Å². The average Bonchev–Trinajstić information content (AvgIpc) is 3.69. The van der Waals surface area contributed by atoms with Crippen LogP contribution in [0.5, 0.6) is 0 Å². The number of benzene rings is 4. The first-order chi connectivity index (χ1) is 22.2. The third kappa shape index (κ3) is 4.48. The fraction of sp³-hybridized carbons (Fsp3) is 0.176. The Labute approximate surface area is 297 Å². The van der Waals surface area contributed by atoms with Crippen molar-refractivity contribution in [2.24, 2.45) is 11.8 Å². The average molecular weight is 870 g/mol. The SMILES string of the molecule is O=C1C2C(C(=O)N1c1cccc(Br)c1)N1C(c3ccc(Br)cc3)C3C(=O)N(c4cccc(Br)c4)C(=O)C3N1C2c1ccc(Br)cc1. The van der Waals surface area contributed by atoms with Crippen molar-refractivity contribution in [2.45, 2.75) is 24.2 Å². The van der Waals surface area contributed by atoms with Crippen LogP contribution >= 0.6 is 63.7 Å². The first-order valence-electron chi connectivity index (χ1n) is 14.5. The number of fused-ring (bicyclic) bond motifs is 5. The van der Waals surface area contributed by atoms with Crippen LogP contribution in [0.2, 0.25) is 0 Å². The molecule has 4 aliphatic rings. The summed E-state index contributed by atoms with van der Waals surface area (Å²) in [6, 6.07) is 26.1. The van der Waals surface area contributed by atoms with Crippen LogP contribution in [-0.4, -0.2) is 45.7 Å². The predicted molar refractivity (Wildman–Crippen MR) is 185 cm³/mol. The first kappa shape index (κ1) is 30.3. The van der Waals surface area contributed by atoms with E-state index in [4.69, 9.17) is 0 Å². The molecule has 0 N–H and O–H groups in total. The van der Waals surface area contributed by atoms with Crippen LogP contribution in [0, 0.1) is 11.8 Å². The molecule has 0 aliphatic carbocycles. The highest BCUT2D eigenvalue weighted by molar-refractivity contribution is 9.11. The van der Waals surface area contributed by atoms with Gasteiger partial charge < -0.3 is 0 Å². The molecule has 0 spiro atoms. The van der Waals surface area contributed by atoms with Gasteiger partial charge in [-0.15, -0.1) is 0 Å². The summed E-state index contributed by atoms with van der Waals surface area (Å²) >= 11 is 14.0. The highest BCUT2D eigenvalue weighted by Gasteiger charge is 2.73. The van der Waals surface area contributed by atoms with Crippen molar-refractivity contribution in [3.63, 3.8) is 0 Å². The topological polar surface area (TPSA) is 81.2 Å². The zero-order chi connectivity index (χ0) is 32.0. The van der Waals surface area contributed by atoms with Gasteiger partial charge in [-0.2, -0.15) is 0 Å². The molecule has 4 aromatic rings. The highest BCUT2D eigenvalue weighted by Crippen LogP contribution is 2.60. The molecule has 4 heterocycles. The summed E-state index contributed by atoms with van der Waals surface area (Å²) in [6.45, 7) is 0. The normalized spacial score (nSPS) is 27.5. The van der Waals surface area contributed by atoms with Crippen molar-refractivity contribution < 1.29 is 19.2 Å². The zero-order valence-electron chi connectivity index (χ0n) is 23.6. The Morgan fingerprint density at radius 1 is 0.413 bits per heavy atom. The van der Waals surface area contributed by atoms with E-state index in [1.165, 1.54) is 9.80 Å². The van der Waals surface area contributed by atoms with Gasteiger partial charge in [0.05, 0.1) is 35.3 Å². The van der Waals surface area contributed by atoms with Gasteiger partial charge in [0.15, 0.2) is 0 Å². The van der Waals surface area contributed by atoms with Gasteiger partial charge in [0.25, 0.3) is 11.8 Å². The number of nitrogens with zero attached hydrogens (tertiary/aromatic N) is 4. The van der Waals surface area contributed by atoms with Crippen LogP contribution in [0.1, 0.15) is 23.2 Å². The minimum Gasteiger partial charge on any atom is -0.274 e. The molecular formula is C34H22Br4N4O4. The number of carbonyl (C=O) groups is 4. The maximum Gasteiger partial charge on any atom is 0.253 e. The Morgan fingerprint density at radius 3 is 1.13 bits per heavy atom. The molecule has 0 bridgehead atoms. The van der Waals surface area contributed by atoms with Crippen LogP contribution in [0.3, 0.4) is 0 Å². The lowest BCUT2D eigenvalue weighted by molar-refractivity contribution is -0.136. The van der Waals surface area contributed by atoms with E-state index in [-0.39, 0.29) is 23.6 Å². The Hall–Kier alpha value is -3.00. The minimum absolute atomic E-state index is 0.345. The number of hydrogen-bond donors (Lipinski definition) is 0. The van der Waals surface area contributed by atoms with E-state index in [9.17, 15) is 19.2 Å². The van der Waals surface area contributed by atoms with Crippen molar-refractivity contribution in [1.82, 2.24) is 10.0 Å². The molecular weight excluding hydrogens is 848 g/mol. The van der Waals surface area contributed by atoms with Gasteiger partial charge >= 0.3 is 0 Å². The molecule has 8 rings (SSSR count). The predicted octanol–water partition coefficient (Wildman–Crippen LogP) is 7.18. The molecule has 4 aliphatic heterocycles. The maximum absolute atomic E-state index is 14.5. The van der Waals surface area contributed by atoms with Gasteiger partial charge in [-0.05, 0) is 71.8 Å². The number of halogens is 4. The van der Waals surface area contributed by atoms with Crippen molar-refractivity contribution in [2.75, 3.05) is 9.80 Å². The summed E-state index contributed by atoms with van der Waals surface area (Å²) in [7, 11) is 0. The molecule has 0 saturated carbocycles. The van der Waals surface area contributed by atoms with Crippen molar-refractivity contribution in [1.29, 1.82) is 0 Å². The van der Waals surface area contributed by atoms with Crippen LogP contribution in [0.15, 0.2) is 115 Å². The quantitative estimate of drug-likeness (QED) is 0.203. The molecule has 0 aromatic heterocycles. The van der Waals surface area contributed by atoms with E-state index >= 15 is 0 Å². The minimum atomic E-state index is -0.931. The van der Waals surface area contributed by atoms with Gasteiger partial charge in [-0.1, -0.05) is 100 Å². The number of imide groups is 2. The lowest BCUT2D eigenvalue weighted by Crippen LogP contribution is -2.50. The van der Waals surface area contributed by atoms with Crippen molar-refractivity contribution in [3.8, 4) is 0 Å². The van der Waals surface area contributed by atoms with E-state index in [1.807, 2.05) is 70.7 Å². The fourth-order valence-electron chi connectivity index (χ4n) is 7.56.